The molecule has 2 heterocycles. The van der Waals surface area contributed by atoms with Gasteiger partial charge in [0.25, 0.3) is 0 Å². The molecule has 2 unspecified atom stereocenters. The summed E-state index contributed by atoms with van der Waals surface area (Å²) in [6, 6.07) is 0. The first-order valence-electron chi connectivity index (χ1n) is 13.2. The first-order valence-corrected chi connectivity index (χ1v) is 13.2. The molecule has 0 bridgehead atoms. The van der Waals surface area contributed by atoms with Gasteiger partial charge in [-0.05, 0) is 85.4 Å². The van der Waals surface area contributed by atoms with E-state index >= 15 is 0 Å². The average molecular weight is 431 g/mol. The molecular weight excluding hydrogens is 388 g/mol. The molecule has 6 fully saturated rings. The van der Waals surface area contributed by atoms with Gasteiger partial charge in [0.2, 0.25) is 0 Å². The molecule has 2 aliphatic heterocycles. The highest BCUT2D eigenvalue weighted by Gasteiger charge is 2.70. The van der Waals surface area contributed by atoms with Gasteiger partial charge >= 0.3 is 0 Å². The zero-order chi connectivity index (χ0) is 21.8. The topological polar surface area (TPSA) is 55.8 Å². The Kier molecular flexibility index (Phi) is 4.62. The summed E-state index contributed by atoms with van der Waals surface area (Å²) in [5.74, 6) is 3.36. The Bertz CT molecular complexity index is 756. The molecule has 12 atom stereocenters. The van der Waals surface area contributed by atoms with Crippen molar-refractivity contribution in [3.8, 4) is 0 Å². The van der Waals surface area contributed by atoms with Gasteiger partial charge in [-0.3, -0.25) is 4.79 Å². The van der Waals surface area contributed by atoms with Crippen LogP contribution < -0.4 is 0 Å². The fourth-order valence-corrected chi connectivity index (χ4v) is 10.1. The molecule has 31 heavy (non-hydrogen) atoms. The lowest BCUT2D eigenvalue weighted by Crippen LogP contribution is -2.58. The predicted molar refractivity (Wildman–Crippen MR) is 118 cm³/mol. The van der Waals surface area contributed by atoms with Crippen LogP contribution in [0.5, 0.6) is 0 Å². The number of rotatable bonds is 0. The summed E-state index contributed by atoms with van der Waals surface area (Å²) in [7, 11) is 0. The monoisotopic (exact) mass is 430 g/mol. The van der Waals surface area contributed by atoms with Crippen molar-refractivity contribution >= 4 is 5.78 Å². The van der Waals surface area contributed by atoms with Crippen LogP contribution in [0.4, 0.5) is 0 Å². The van der Waals surface area contributed by atoms with Crippen molar-refractivity contribution < 1.29 is 19.4 Å². The number of hydrogen-bond acceptors (Lipinski definition) is 4. The number of aliphatic hydroxyl groups excluding tert-OH is 1. The molecule has 4 heteroatoms. The Morgan fingerprint density at radius 2 is 1.81 bits per heavy atom. The zero-order valence-electron chi connectivity index (χ0n) is 19.9. The van der Waals surface area contributed by atoms with E-state index < -0.39 is 5.79 Å². The summed E-state index contributed by atoms with van der Waals surface area (Å²) < 4.78 is 13.2. The fraction of sp³-hybridized carbons (Fsp3) is 0.963. The molecule has 0 aromatic carbocycles. The quantitative estimate of drug-likeness (QED) is 0.589. The number of aliphatic hydroxyl groups is 1. The lowest BCUT2D eigenvalue weighted by Gasteiger charge is -2.60. The van der Waals surface area contributed by atoms with Gasteiger partial charge in [0.05, 0.1) is 18.8 Å². The summed E-state index contributed by atoms with van der Waals surface area (Å²) >= 11 is 0. The molecule has 0 aromatic rings. The molecule has 1 spiro atoms. The molecule has 4 nitrogen and oxygen atoms in total. The van der Waals surface area contributed by atoms with Crippen LogP contribution in [-0.4, -0.2) is 35.5 Å². The Balaban J connectivity index is 1.30. The highest BCUT2D eigenvalue weighted by Crippen LogP contribution is 2.70. The summed E-state index contributed by atoms with van der Waals surface area (Å²) in [6.45, 7) is 10.2. The SMILES string of the molecule is CC1CC[C@@]2(OC1)O[C@H]1C[C@H]3[C@@H]4CCC5C[C@@H](O)CC[C@]5(C)[C@H]4C(=O)C[C@]3(C)[C@H]1[C@@H]2C. The molecule has 1 N–H and O–H groups in total. The van der Waals surface area contributed by atoms with E-state index in [0.29, 0.717) is 41.3 Å². The van der Waals surface area contributed by atoms with E-state index in [4.69, 9.17) is 9.47 Å². The van der Waals surface area contributed by atoms with Gasteiger partial charge in [0.1, 0.15) is 5.78 Å². The third-order valence-electron chi connectivity index (χ3n) is 11.6. The van der Waals surface area contributed by atoms with Crippen molar-refractivity contribution in [2.75, 3.05) is 6.61 Å². The lowest BCUT2D eigenvalue weighted by molar-refractivity contribution is -0.272. The third kappa shape index (κ3) is 2.74. The maximum Gasteiger partial charge on any atom is 0.171 e. The molecule has 0 aromatic heterocycles. The van der Waals surface area contributed by atoms with Gasteiger partial charge in [-0.2, -0.15) is 0 Å². The van der Waals surface area contributed by atoms with Crippen LogP contribution in [0, 0.1) is 52.3 Å². The molecule has 6 aliphatic rings. The van der Waals surface area contributed by atoms with Crippen molar-refractivity contribution in [2.24, 2.45) is 52.3 Å². The van der Waals surface area contributed by atoms with Gasteiger partial charge in [0.15, 0.2) is 5.79 Å². The van der Waals surface area contributed by atoms with E-state index in [1.165, 1.54) is 12.8 Å². The van der Waals surface area contributed by atoms with Crippen LogP contribution in [0.1, 0.15) is 85.5 Å². The molecule has 0 amide bonds. The highest BCUT2D eigenvalue weighted by atomic mass is 16.7. The fourth-order valence-electron chi connectivity index (χ4n) is 10.1. The molecule has 2 saturated heterocycles. The van der Waals surface area contributed by atoms with Crippen LogP contribution in [-0.2, 0) is 14.3 Å². The molecule has 6 rings (SSSR count). The van der Waals surface area contributed by atoms with Crippen molar-refractivity contribution in [3.05, 3.63) is 0 Å². The summed E-state index contributed by atoms with van der Waals surface area (Å²) in [5.41, 5.74) is 0.143. The standard InChI is InChI=1S/C27H42O4/c1-15-7-10-27(30-14-15)16(2)23-22(31-27)12-20-19-6-5-17-11-18(28)8-9-25(17,3)24(19)21(29)13-26(20,23)4/h15-20,22-24,28H,5-14H2,1-4H3/t15?,16-,17?,18-,19-,20-,22-,23-,24+,25-,26-,27+/m0/s1. The summed E-state index contributed by atoms with van der Waals surface area (Å²) in [6.07, 6.45) is 9.26. The van der Waals surface area contributed by atoms with Crippen LogP contribution >= 0.6 is 0 Å². The maximum absolute atomic E-state index is 13.9. The minimum atomic E-state index is -0.404. The number of carbonyl (C=O) groups is 1. The number of ketones is 1. The van der Waals surface area contributed by atoms with Gasteiger partial charge in [0, 0.05) is 24.7 Å². The largest absolute Gasteiger partial charge is 0.393 e. The van der Waals surface area contributed by atoms with Crippen LogP contribution in [0.25, 0.3) is 0 Å². The maximum atomic E-state index is 13.9. The summed E-state index contributed by atoms with van der Waals surface area (Å²) in [4.78, 5) is 13.9. The van der Waals surface area contributed by atoms with E-state index in [1.807, 2.05) is 0 Å². The number of carbonyl (C=O) groups excluding carboxylic acids is 1. The Morgan fingerprint density at radius 1 is 1.00 bits per heavy atom. The van der Waals surface area contributed by atoms with Gasteiger partial charge in [-0.1, -0.05) is 27.7 Å². The van der Waals surface area contributed by atoms with Gasteiger partial charge in [-0.25, -0.2) is 0 Å². The van der Waals surface area contributed by atoms with E-state index in [1.54, 1.807) is 0 Å². The number of ether oxygens (including phenoxy) is 2. The second-order valence-electron chi connectivity index (χ2n) is 13.1. The highest BCUT2D eigenvalue weighted by molar-refractivity contribution is 5.84. The molecule has 174 valence electrons. The normalized spacial score (nSPS) is 60.9. The smallest absolute Gasteiger partial charge is 0.171 e. The second-order valence-corrected chi connectivity index (χ2v) is 13.1. The van der Waals surface area contributed by atoms with Crippen LogP contribution in [0.3, 0.4) is 0 Å². The summed E-state index contributed by atoms with van der Waals surface area (Å²) in [5, 5.41) is 10.3. The number of Topliss-reactive ketones (excluding diaryl/α,β-unsaturated/α-hetero) is 1. The molecule has 0 radical (unpaired) electrons. The Hall–Kier alpha value is -0.450. The van der Waals surface area contributed by atoms with Gasteiger partial charge < -0.3 is 14.6 Å². The van der Waals surface area contributed by atoms with E-state index in [0.717, 1.165) is 51.6 Å². The Morgan fingerprint density at radius 3 is 2.55 bits per heavy atom. The van der Waals surface area contributed by atoms with Crippen molar-refractivity contribution in [1.82, 2.24) is 0 Å². The molecular formula is C27H42O4. The van der Waals surface area contributed by atoms with E-state index in [2.05, 4.69) is 27.7 Å². The Labute approximate surface area is 187 Å². The molecule has 4 aliphatic carbocycles. The van der Waals surface area contributed by atoms with E-state index in [9.17, 15) is 9.90 Å². The van der Waals surface area contributed by atoms with Crippen molar-refractivity contribution in [3.63, 3.8) is 0 Å². The second kappa shape index (κ2) is 6.79. The average Bonchev–Trinajstić information content (AvgIpc) is 3.15. The minimum absolute atomic E-state index is 0.0512. The first kappa shape index (κ1) is 21.1. The van der Waals surface area contributed by atoms with Crippen molar-refractivity contribution in [1.29, 1.82) is 0 Å². The van der Waals surface area contributed by atoms with E-state index in [-0.39, 0.29) is 29.0 Å². The number of hydrogen-bond donors (Lipinski definition) is 1. The number of fused-ring (bicyclic) bond motifs is 7. The van der Waals surface area contributed by atoms with Gasteiger partial charge in [-0.15, -0.1) is 0 Å². The molecule has 4 saturated carbocycles. The van der Waals surface area contributed by atoms with Crippen molar-refractivity contribution in [2.45, 2.75) is 103 Å². The third-order valence-corrected chi connectivity index (χ3v) is 11.6. The predicted octanol–water partition coefficient (Wildman–Crippen LogP) is 4.97. The lowest BCUT2D eigenvalue weighted by atomic mass is 9.44. The minimum Gasteiger partial charge on any atom is -0.393 e. The first-order chi connectivity index (χ1) is 14.7. The van der Waals surface area contributed by atoms with Crippen LogP contribution in [0.2, 0.25) is 0 Å². The zero-order valence-corrected chi connectivity index (χ0v) is 19.9. The van der Waals surface area contributed by atoms with Crippen LogP contribution in [0.15, 0.2) is 0 Å².